The molecule has 0 bridgehead atoms. The zero-order valence-electron chi connectivity index (χ0n) is 13.3. The fraction of sp³-hybridized carbons (Fsp3) is 0.529. The Morgan fingerprint density at radius 1 is 1.26 bits per heavy atom. The van der Waals surface area contributed by atoms with Crippen LogP contribution in [0, 0.1) is 6.92 Å². The second kappa shape index (κ2) is 7.25. The van der Waals surface area contributed by atoms with Gasteiger partial charge in [0.05, 0.1) is 12.1 Å². The van der Waals surface area contributed by atoms with Crippen molar-refractivity contribution in [3.05, 3.63) is 29.8 Å². The standard InChI is InChI=1S/C17H23N3O2S/c1-11-6-8-12(9-7-11)18-15(21)5-3-2-4-14-16-13(10-23-14)19-17(22)20-16/h6-9,13-14,16H,2-5,10H2,1H3,(H,18,21)(H2,19,20,22). The molecule has 0 saturated carbocycles. The molecule has 3 N–H and O–H groups in total. The fourth-order valence-electron chi connectivity index (χ4n) is 3.13. The highest BCUT2D eigenvalue weighted by Gasteiger charge is 2.42. The maximum Gasteiger partial charge on any atom is 0.315 e. The van der Waals surface area contributed by atoms with Crippen molar-refractivity contribution in [2.45, 2.75) is 49.9 Å². The summed E-state index contributed by atoms with van der Waals surface area (Å²) in [5.41, 5.74) is 2.04. The SMILES string of the molecule is Cc1ccc(NC(=O)CCCCC2SCC3NC(=O)NC32)cc1. The van der Waals surface area contributed by atoms with Crippen LogP contribution in [0.1, 0.15) is 31.2 Å². The van der Waals surface area contributed by atoms with Crippen molar-refractivity contribution in [2.24, 2.45) is 0 Å². The molecule has 0 aromatic heterocycles. The summed E-state index contributed by atoms with van der Waals surface area (Å²) in [6.07, 6.45) is 3.49. The number of carbonyl (C=O) groups excluding carboxylic acids is 2. The normalized spacial score (nSPS) is 25.6. The van der Waals surface area contributed by atoms with Gasteiger partial charge in [-0.1, -0.05) is 24.1 Å². The van der Waals surface area contributed by atoms with E-state index in [1.807, 2.05) is 43.0 Å². The first kappa shape index (κ1) is 16.2. The van der Waals surface area contributed by atoms with Gasteiger partial charge in [-0.2, -0.15) is 11.8 Å². The van der Waals surface area contributed by atoms with Gasteiger partial charge in [0, 0.05) is 23.1 Å². The van der Waals surface area contributed by atoms with Gasteiger partial charge in [-0.25, -0.2) is 4.79 Å². The van der Waals surface area contributed by atoms with Crippen LogP contribution in [0.3, 0.4) is 0 Å². The van der Waals surface area contributed by atoms with Crippen LogP contribution < -0.4 is 16.0 Å². The number of thioether (sulfide) groups is 1. The van der Waals surface area contributed by atoms with Crippen LogP contribution in [-0.2, 0) is 4.79 Å². The van der Waals surface area contributed by atoms with Gasteiger partial charge in [0.1, 0.15) is 0 Å². The Kier molecular flexibility index (Phi) is 5.10. The zero-order valence-corrected chi connectivity index (χ0v) is 14.1. The average molecular weight is 333 g/mol. The summed E-state index contributed by atoms with van der Waals surface area (Å²) in [5, 5.41) is 9.35. The highest BCUT2D eigenvalue weighted by atomic mass is 32.2. The van der Waals surface area contributed by atoms with Crippen molar-refractivity contribution < 1.29 is 9.59 Å². The minimum atomic E-state index is -0.0391. The number of benzene rings is 1. The Hall–Kier alpha value is -1.69. The summed E-state index contributed by atoms with van der Waals surface area (Å²) in [7, 11) is 0. The summed E-state index contributed by atoms with van der Waals surface area (Å²) >= 11 is 1.92. The minimum absolute atomic E-state index is 0.0391. The quantitative estimate of drug-likeness (QED) is 0.554. The monoisotopic (exact) mass is 333 g/mol. The minimum Gasteiger partial charge on any atom is -0.332 e. The van der Waals surface area contributed by atoms with Crippen LogP contribution in [0.2, 0.25) is 0 Å². The van der Waals surface area contributed by atoms with Crippen molar-refractivity contribution in [3.63, 3.8) is 0 Å². The number of fused-ring (bicyclic) bond motifs is 1. The average Bonchev–Trinajstić information content (AvgIpc) is 3.06. The molecule has 0 aliphatic carbocycles. The molecule has 23 heavy (non-hydrogen) atoms. The molecule has 3 rings (SSSR count). The lowest BCUT2D eigenvalue weighted by Crippen LogP contribution is -2.36. The van der Waals surface area contributed by atoms with Crippen LogP contribution in [0.4, 0.5) is 10.5 Å². The van der Waals surface area contributed by atoms with Crippen molar-refractivity contribution in [2.75, 3.05) is 11.1 Å². The third-order valence-electron chi connectivity index (χ3n) is 4.42. The Labute approximate surface area is 141 Å². The van der Waals surface area contributed by atoms with Crippen LogP contribution >= 0.6 is 11.8 Å². The molecule has 2 aliphatic heterocycles. The van der Waals surface area contributed by atoms with E-state index in [9.17, 15) is 9.59 Å². The van der Waals surface area contributed by atoms with E-state index >= 15 is 0 Å². The van der Waals surface area contributed by atoms with E-state index in [1.165, 1.54) is 5.56 Å². The van der Waals surface area contributed by atoms with E-state index in [2.05, 4.69) is 16.0 Å². The van der Waals surface area contributed by atoms with Crippen LogP contribution in [-0.4, -0.2) is 35.0 Å². The third-order valence-corrected chi connectivity index (χ3v) is 5.92. The van der Waals surface area contributed by atoms with Crippen molar-refractivity contribution in [1.29, 1.82) is 0 Å². The van der Waals surface area contributed by atoms with Gasteiger partial charge in [0.15, 0.2) is 0 Å². The predicted molar refractivity (Wildman–Crippen MR) is 93.8 cm³/mol. The molecule has 1 aromatic rings. The van der Waals surface area contributed by atoms with Gasteiger partial charge in [0.25, 0.3) is 0 Å². The molecular weight excluding hydrogens is 310 g/mol. The molecule has 2 saturated heterocycles. The number of urea groups is 1. The topological polar surface area (TPSA) is 70.2 Å². The maximum atomic E-state index is 11.9. The van der Waals surface area contributed by atoms with Crippen LogP contribution in [0.15, 0.2) is 24.3 Å². The Balaban J connectivity index is 1.34. The fourth-order valence-corrected chi connectivity index (χ4v) is 4.68. The van der Waals surface area contributed by atoms with Gasteiger partial charge < -0.3 is 16.0 Å². The molecule has 2 heterocycles. The first-order valence-corrected chi connectivity index (χ1v) is 9.22. The van der Waals surface area contributed by atoms with Gasteiger partial charge in [0.2, 0.25) is 5.91 Å². The molecule has 6 heteroatoms. The smallest absolute Gasteiger partial charge is 0.315 e. The molecule has 2 aliphatic rings. The molecule has 3 unspecified atom stereocenters. The second-order valence-electron chi connectivity index (χ2n) is 6.28. The molecule has 124 valence electrons. The summed E-state index contributed by atoms with van der Waals surface area (Å²) in [6, 6.07) is 8.34. The van der Waals surface area contributed by atoms with E-state index in [0.29, 0.717) is 11.7 Å². The lowest BCUT2D eigenvalue weighted by atomic mass is 10.0. The summed E-state index contributed by atoms with van der Waals surface area (Å²) < 4.78 is 0. The number of anilines is 1. The van der Waals surface area contributed by atoms with Gasteiger partial charge >= 0.3 is 6.03 Å². The number of nitrogens with one attached hydrogen (secondary N) is 3. The largest absolute Gasteiger partial charge is 0.332 e. The van der Waals surface area contributed by atoms with E-state index in [-0.39, 0.29) is 24.0 Å². The molecule has 1 aromatic carbocycles. The lowest BCUT2D eigenvalue weighted by molar-refractivity contribution is -0.116. The second-order valence-corrected chi connectivity index (χ2v) is 7.55. The molecule has 5 nitrogen and oxygen atoms in total. The first-order valence-electron chi connectivity index (χ1n) is 8.17. The molecule has 0 radical (unpaired) electrons. The van der Waals surface area contributed by atoms with E-state index in [4.69, 9.17) is 0 Å². The number of hydrogen-bond donors (Lipinski definition) is 3. The van der Waals surface area contributed by atoms with Gasteiger partial charge in [-0.15, -0.1) is 0 Å². The lowest BCUT2D eigenvalue weighted by Gasteiger charge is -2.16. The predicted octanol–water partition coefficient (Wildman–Crippen LogP) is 2.66. The molecule has 3 atom stereocenters. The highest BCUT2D eigenvalue weighted by molar-refractivity contribution is 8.00. The van der Waals surface area contributed by atoms with Gasteiger partial charge in [-0.3, -0.25) is 4.79 Å². The number of carbonyl (C=O) groups is 2. The Bertz CT molecular complexity index is 576. The number of amides is 3. The highest BCUT2D eigenvalue weighted by Crippen LogP contribution is 2.33. The van der Waals surface area contributed by atoms with Crippen molar-refractivity contribution in [1.82, 2.24) is 10.6 Å². The van der Waals surface area contributed by atoms with E-state index in [1.54, 1.807) is 0 Å². The molecule has 3 amide bonds. The summed E-state index contributed by atoms with van der Waals surface area (Å²) in [6.45, 7) is 2.03. The molecule has 2 fully saturated rings. The van der Waals surface area contributed by atoms with E-state index in [0.717, 1.165) is 30.7 Å². The summed E-state index contributed by atoms with van der Waals surface area (Å²) in [5.74, 6) is 1.06. The number of hydrogen-bond acceptors (Lipinski definition) is 3. The van der Waals surface area contributed by atoms with E-state index < -0.39 is 0 Å². The van der Waals surface area contributed by atoms with Gasteiger partial charge in [-0.05, 0) is 31.9 Å². The van der Waals surface area contributed by atoms with Crippen molar-refractivity contribution in [3.8, 4) is 0 Å². The summed E-state index contributed by atoms with van der Waals surface area (Å²) in [4.78, 5) is 23.3. The van der Waals surface area contributed by atoms with Crippen LogP contribution in [0.25, 0.3) is 0 Å². The van der Waals surface area contributed by atoms with Crippen LogP contribution in [0.5, 0.6) is 0 Å². The Morgan fingerprint density at radius 2 is 2.04 bits per heavy atom. The first-order chi connectivity index (χ1) is 11.1. The maximum absolute atomic E-state index is 11.9. The third kappa shape index (κ3) is 4.19. The molecular formula is C17H23N3O2S. The Morgan fingerprint density at radius 3 is 2.83 bits per heavy atom. The molecule has 0 spiro atoms. The van der Waals surface area contributed by atoms with Crippen molar-refractivity contribution >= 4 is 29.4 Å². The number of rotatable bonds is 6. The number of unbranched alkanes of at least 4 members (excludes halogenated alkanes) is 1. The zero-order chi connectivity index (χ0) is 16.2. The number of aryl methyl sites for hydroxylation is 1.